The number of aryl methyl sites for hydroxylation is 1. The molecular weight excluding hydrogens is 306 g/mol. The fraction of sp³-hybridized carbons (Fsp3) is 0.333. The van der Waals surface area contributed by atoms with Gasteiger partial charge in [0.15, 0.2) is 0 Å². The second kappa shape index (κ2) is 5.53. The second-order valence-electron chi connectivity index (χ2n) is 5.32. The summed E-state index contributed by atoms with van der Waals surface area (Å²) in [5.74, 6) is -0.337. The number of rotatable bonds is 1. The minimum Gasteiger partial charge on any atom is -0.295 e. The van der Waals surface area contributed by atoms with Crippen molar-refractivity contribution in [1.82, 2.24) is 14.9 Å². The lowest BCUT2D eigenvalue weighted by Crippen LogP contribution is -2.39. The van der Waals surface area contributed by atoms with Gasteiger partial charge in [0, 0.05) is 11.4 Å². The summed E-state index contributed by atoms with van der Waals surface area (Å²) in [4.78, 5) is 40.7. The molecule has 1 aliphatic heterocycles. The van der Waals surface area contributed by atoms with Crippen molar-refractivity contribution in [1.29, 1.82) is 0 Å². The summed E-state index contributed by atoms with van der Waals surface area (Å²) in [5, 5.41) is 3.21. The third kappa shape index (κ3) is 2.50. The highest BCUT2D eigenvalue weighted by Crippen LogP contribution is 2.21. The van der Waals surface area contributed by atoms with E-state index < -0.39 is 11.9 Å². The number of nitrogens with zero attached hydrogens (tertiary/aromatic N) is 2. The molecule has 1 fully saturated rings. The summed E-state index contributed by atoms with van der Waals surface area (Å²) >= 11 is 5.92. The Morgan fingerprint density at radius 2 is 2.09 bits per heavy atom. The molecule has 7 heteroatoms. The van der Waals surface area contributed by atoms with E-state index >= 15 is 0 Å². The van der Waals surface area contributed by atoms with Gasteiger partial charge in [-0.1, -0.05) is 11.6 Å². The second-order valence-corrected chi connectivity index (χ2v) is 5.75. The number of aromatic nitrogens is 2. The van der Waals surface area contributed by atoms with Crippen LogP contribution in [0, 0.1) is 6.92 Å². The van der Waals surface area contributed by atoms with Gasteiger partial charge in [-0.25, -0.2) is 4.98 Å². The van der Waals surface area contributed by atoms with Crippen LogP contribution in [0.1, 0.15) is 31.1 Å². The summed E-state index contributed by atoms with van der Waals surface area (Å²) in [6.07, 6.45) is 1.26. The van der Waals surface area contributed by atoms with E-state index in [1.54, 1.807) is 25.1 Å². The van der Waals surface area contributed by atoms with E-state index in [9.17, 15) is 14.4 Å². The van der Waals surface area contributed by atoms with Crippen LogP contribution >= 0.6 is 11.6 Å². The Morgan fingerprint density at radius 3 is 2.86 bits per heavy atom. The Bertz CT molecular complexity index is 844. The van der Waals surface area contributed by atoms with E-state index in [2.05, 4.69) is 10.3 Å². The number of hydrogen-bond donors (Lipinski definition) is 1. The number of carbonyl (C=O) groups excluding carboxylic acids is 2. The monoisotopic (exact) mass is 319 g/mol. The first-order chi connectivity index (χ1) is 10.5. The number of nitrogens with one attached hydrogen (secondary N) is 1. The first-order valence-electron chi connectivity index (χ1n) is 6.99. The normalized spacial score (nSPS) is 19.1. The molecule has 3 rings (SSSR count). The molecule has 0 aliphatic carbocycles. The number of amides is 2. The van der Waals surface area contributed by atoms with Crippen LogP contribution in [-0.2, 0) is 9.59 Å². The highest BCUT2D eigenvalue weighted by molar-refractivity contribution is 6.31. The number of halogens is 1. The lowest BCUT2D eigenvalue weighted by molar-refractivity contribution is -0.131. The molecule has 1 aromatic heterocycles. The quantitative estimate of drug-likeness (QED) is 0.812. The van der Waals surface area contributed by atoms with E-state index in [0.717, 1.165) is 0 Å². The van der Waals surface area contributed by atoms with Crippen molar-refractivity contribution >= 4 is 34.3 Å². The molecule has 114 valence electrons. The van der Waals surface area contributed by atoms with Crippen LogP contribution in [0.5, 0.6) is 0 Å². The Morgan fingerprint density at radius 1 is 1.32 bits per heavy atom. The zero-order valence-corrected chi connectivity index (χ0v) is 12.7. The smallest absolute Gasteiger partial charge is 0.262 e. The number of carbonyl (C=O) groups is 2. The molecular formula is C15H14ClN3O3. The number of fused-ring (bicyclic) bond motifs is 1. The minimum absolute atomic E-state index is 0.284. The number of benzene rings is 1. The van der Waals surface area contributed by atoms with Crippen LogP contribution in [0.3, 0.4) is 0 Å². The standard InChI is InChI=1S/C15H14ClN3O3/c1-8-17-11-7-9(16)5-6-10(11)15(22)19(8)12-3-2-4-13(20)18-14(12)21/h5-7,12H,2-4H2,1H3,(H,18,20,21). The van der Waals surface area contributed by atoms with Crippen LogP contribution in [0.2, 0.25) is 5.02 Å². The molecule has 0 saturated carbocycles. The maximum Gasteiger partial charge on any atom is 0.262 e. The molecule has 1 N–H and O–H groups in total. The van der Waals surface area contributed by atoms with Crippen molar-refractivity contribution in [3.63, 3.8) is 0 Å². The molecule has 1 atom stereocenters. The minimum atomic E-state index is -0.716. The fourth-order valence-electron chi connectivity index (χ4n) is 2.77. The van der Waals surface area contributed by atoms with Gasteiger partial charge in [-0.2, -0.15) is 0 Å². The average Bonchev–Trinajstić information content (AvgIpc) is 2.60. The largest absolute Gasteiger partial charge is 0.295 e. The van der Waals surface area contributed by atoms with Crippen molar-refractivity contribution in [3.05, 3.63) is 39.4 Å². The van der Waals surface area contributed by atoms with Gasteiger partial charge in [-0.3, -0.25) is 24.3 Å². The van der Waals surface area contributed by atoms with E-state index in [0.29, 0.717) is 34.6 Å². The van der Waals surface area contributed by atoms with Gasteiger partial charge in [0.05, 0.1) is 10.9 Å². The van der Waals surface area contributed by atoms with Gasteiger partial charge in [0.25, 0.3) is 5.56 Å². The van der Waals surface area contributed by atoms with E-state index in [1.165, 1.54) is 4.57 Å². The molecule has 1 aromatic carbocycles. The van der Waals surface area contributed by atoms with Gasteiger partial charge in [0.1, 0.15) is 11.9 Å². The predicted octanol–water partition coefficient (Wildman–Crippen LogP) is 1.73. The Balaban J connectivity index is 2.18. The third-order valence-corrected chi connectivity index (χ3v) is 4.03. The first kappa shape index (κ1) is 14.7. The van der Waals surface area contributed by atoms with E-state index in [1.807, 2.05) is 0 Å². The average molecular weight is 320 g/mol. The van der Waals surface area contributed by atoms with E-state index in [4.69, 9.17) is 11.6 Å². The summed E-state index contributed by atoms with van der Waals surface area (Å²) in [7, 11) is 0. The lowest BCUT2D eigenvalue weighted by atomic mass is 10.1. The summed E-state index contributed by atoms with van der Waals surface area (Å²) < 4.78 is 1.37. The zero-order valence-electron chi connectivity index (χ0n) is 11.9. The molecule has 2 amide bonds. The Hall–Kier alpha value is -2.21. The molecule has 1 aliphatic rings. The first-order valence-corrected chi connectivity index (χ1v) is 7.37. The molecule has 6 nitrogen and oxygen atoms in total. The molecule has 2 heterocycles. The predicted molar refractivity (Wildman–Crippen MR) is 81.8 cm³/mol. The van der Waals surface area contributed by atoms with Crippen LogP contribution in [0.15, 0.2) is 23.0 Å². The van der Waals surface area contributed by atoms with Crippen LogP contribution < -0.4 is 10.9 Å². The van der Waals surface area contributed by atoms with Gasteiger partial charge in [0.2, 0.25) is 11.8 Å². The molecule has 0 spiro atoms. The van der Waals surface area contributed by atoms with Crippen LogP contribution in [0.4, 0.5) is 0 Å². The van der Waals surface area contributed by atoms with Crippen molar-refractivity contribution < 1.29 is 9.59 Å². The van der Waals surface area contributed by atoms with Crippen molar-refractivity contribution in [2.24, 2.45) is 0 Å². The SMILES string of the molecule is Cc1nc2cc(Cl)ccc2c(=O)n1C1CCCC(=O)NC1=O. The summed E-state index contributed by atoms with van der Waals surface area (Å²) in [6.45, 7) is 1.67. The highest BCUT2D eigenvalue weighted by atomic mass is 35.5. The third-order valence-electron chi connectivity index (χ3n) is 3.80. The van der Waals surface area contributed by atoms with Crippen molar-refractivity contribution in [3.8, 4) is 0 Å². The van der Waals surface area contributed by atoms with E-state index in [-0.39, 0.29) is 17.9 Å². The van der Waals surface area contributed by atoms with Gasteiger partial charge >= 0.3 is 0 Å². The van der Waals surface area contributed by atoms with Gasteiger partial charge in [-0.15, -0.1) is 0 Å². The summed E-state index contributed by atoms with van der Waals surface area (Å²) in [5.41, 5.74) is 0.199. The maximum atomic E-state index is 12.7. The lowest BCUT2D eigenvalue weighted by Gasteiger charge is -2.19. The topological polar surface area (TPSA) is 81.1 Å². The Labute approximate surface area is 131 Å². The van der Waals surface area contributed by atoms with Crippen LogP contribution in [-0.4, -0.2) is 21.4 Å². The molecule has 0 radical (unpaired) electrons. The number of hydrogen-bond acceptors (Lipinski definition) is 4. The molecule has 0 bridgehead atoms. The summed E-state index contributed by atoms with van der Waals surface area (Å²) in [6, 6.07) is 4.12. The molecule has 22 heavy (non-hydrogen) atoms. The van der Waals surface area contributed by atoms with Crippen molar-refractivity contribution in [2.75, 3.05) is 0 Å². The zero-order chi connectivity index (χ0) is 15.9. The maximum absolute atomic E-state index is 12.7. The van der Waals surface area contributed by atoms with Crippen LogP contribution in [0.25, 0.3) is 10.9 Å². The van der Waals surface area contributed by atoms with Gasteiger partial charge in [-0.05, 0) is 38.0 Å². The van der Waals surface area contributed by atoms with Crippen molar-refractivity contribution in [2.45, 2.75) is 32.2 Å². The fourth-order valence-corrected chi connectivity index (χ4v) is 2.93. The molecule has 1 unspecified atom stereocenters. The molecule has 1 saturated heterocycles. The molecule has 2 aromatic rings. The number of imide groups is 1. The Kier molecular flexibility index (Phi) is 3.70. The highest BCUT2D eigenvalue weighted by Gasteiger charge is 2.28. The van der Waals surface area contributed by atoms with Gasteiger partial charge < -0.3 is 0 Å².